The monoisotopic (exact) mass is 523 g/mol. The van der Waals surface area contributed by atoms with E-state index in [0.29, 0.717) is 17.0 Å². The van der Waals surface area contributed by atoms with Crippen LogP contribution in [0.15, 0.2) is 54.6 Å². The smallest absolute Gasteiger partial charge is 0.408 e. The lowest BCUT2D eigenvalue weighted by Gasteiger charge is -2.33. The first-order chi connectivity index (χ1) is 17.9. The molecule has 0 bridgehead atoms. The zero-order valence-electron chi connectivity index (χ0n) is 21.9. The van der Waals surface area contributed by atoms with E-state index in [4.69, 9.17) is 15.2 Å². The Bertz CT molecular complexity index is 1160. The second kappa shape index (κ2) is 13.6. The maximum atomic E-state index is 13.8. The quantitative estimate of drug-likeness (QED) is 0.381. The lowest BCUT2D eigenvalue weighted by Crippen LogP contribution is -2.52. The van der Waals surface area contributed by atoms with Crippen molar-refractivity contribution in [2.45, 2.75) is 51.3 Å². The average molecular weight is 524 g/mol. The summed E-state index contributed by atoms with van der Waals surface area (Å²) in [6.07, 6.45) is -1.27. The van der Waals surface area contributed by atoms with Gasteiger partial charge in [0, 0.05) is 12.1 Å². The number of hydrogen-bond acceptors (Lipinski definition) is 7. The van der Waals surface area contributed by atoms with Crippen molar-refractivity contribution in [2.24, 2.45) is 5.73 Å². The van der Waals surface area contributed by atoms with Gasteiger partial charge >= 0.3 is 6.09 Å². The van der Waals surface area contributed by atoms with Crippen molar-refractivity contribution in [3.8, 4) is 11.8 Å². The molecular weight excluding hydrogens is 490 g/mol. The Morgan fingerprint density at radius 1 is 1.05 bits per heavy atom. The molecule has 4 N–H and O–H groups in total. The van der Waals surface area contributed by atoms with Gasteiger partial charge in [0.05, 0.1) is 13.2 Å². The van der Waals surface area contributed by atoms with Crippen LogP contribution in [0, 0.1) is 11.3 Å². The number of nitrogens with zero attached hydrogens (tertiary/aromatic N) is 2. The van der Waals surface area contributed by atoms with Gasteiger partial charge in [-0.2, -0.15) is 5.26 Å². The van der Waals surface area contributed by atoms with E-state index in [2.05, 4.69) is 10.6 Å². The second-order valence-electron chi connectivity index (χ2n) is 9.36. The van der Waals surface area contributed by atoms with Crippen LogP contribution < -0.4 is 21.1 Å². The van der Waals surface area contributed by atoms with Crippen LogP contribution in [0.1, 0.15) is 45.2 Å². The van der Waals surface area contributed by atoms with Crippen LogP contribution in [0.4, 0.5) is 10.5 Å². The summed E-state index contributed by atoms with van der Waals surface area (Å²) in [7, 11) is 1.52. The van der Waals surface area contributed by atoms with Gasteiger partial charge in [0.25, 0.3) is 5.91 Å². The van der Waals surface area contributed by atoms with Crippen LogP contribution in [0.5, 0.6) is 5.75 Å². The van der Waals surface area contributed by atoms with E-state index in [1.165, 1.54) is 7.11 Å². The van der Waals surface area contributed by atoms with Crippen LogP contribution in [0.25, 0.3) is 0 Å². The van der Waals surface area contributed by atoms with Crippen LogP contribution >= 0.6 is 0 Å². The molecule has 4 amide bonds. The number of methoxy groups -OCH3 is 1. The minimum absolute atomic E-state index is 0.156. The normalized spacial score (nSPS) is 12.3. The highest BCUT2D eigenvalue weighted by Gasteiger charge is 2.36. The third-order valence-corrected chi connectivity index (χ3v) is 5.23. The van der Waals surface area contributed by atoms with Crippen molar-refractivity contribution in [3.05, 3.63) is 60.2 Å². The fraction of sp³-hybridized carbons (Fsp3) is 0.370. The number of nitriles is 1. The zero-order valence-corrected chi connectivity index (χ0v) is 21.9. The molecular formula is C27H33N5O6. The van der Waals surface area contributed by atoms with Gasteiger partial charge in [-0.05, 0) is 57.0 Å². The molecule has 0 aliphatic carbocycles. The number of ether oxygens (including phenoxy) is 2. The Morgan fingerprint density at radius 2 is 1.68 bits per heavy atom. The Hall–Kier alpha value is -4.59. The summed E-state index contributed by atoms with van der Waals surface area (Å²) in [4.78, 5) is 52.3. The summed E-state index contributed by atoms with van der Waals surface area (Å²) >= 11 is 0. The Morgan fingerprint density at radius 3 is 2.21 bits per heavy atom. The number of nitrogens with one attached hydrogen (secondary N) is 2. The molecule has 2 aromatic carbocycles. The fourth-order valence-electron chi connectivity index (χ4n) is 3.56. The van der Waals surface area contributed by atoms with E-state index in [0.717, 1.165) is 4.90 Å². The van der Waals surface area contributed by atoms with Gasteiger partial charge in [-0.1, -0.05) is 30.3 Å². The third kappa shape index (κ3) is 9.13. The highest BCUT2D eigenvalue weighted by atomic mass is 16.6. The molecule has 0 radical (unpaired) electrons. The van der Waals surface area contributed by atoms with Crippen molar-refractivity contribution in [2.75, 3.05) is 19.0 Å². The number of anilines is 1. The topological polar surface area (TPSA) is 164 Å². The van der Waals surface area contributed by atoms with Gasteiger partial charge in [-0.3, -0.25) is 14.4 Å². The number of carbonyl (C=O) groups excluding carboxylic acids is 4. The molecule has 0 aliphatic heterocycles. The number of benzene rings is 2. The van der Waals surface area contributed by atoms with Crippen LogP contribution in [-0.2, 0) is 19.1 Å². The zero-order chi connectivity index (χ0) is 28.3. The number of carbonyl (C=O) groups is 4. The van der Waals surface area contributed by atoms with E-state index >= 15 is 0 Å². The number of amides is 4. The molecule has 0 saturated carbocycles. The first-order valence-electron chi connectivity index (χ1n) is 11.9. The van der Waals surface area contributed by atoms with Gasteiger partial charge in [0.2, 0.25) is 11.8 Å². The van der Waals surface area contributed by atoms with E-state index in [-0.39, 0.29) is 12.8 Å². The molecule has 2 aromatic rings. The highest BCUT2D eigenvalue weighted by molar-refractivity contribution is 5.99. The molecule has 0 spiro atoms. The summed E-state index contributed by atoms with van der Waals surface area (Å²) in [5.74, 6) is -1.43. The molecule has 0 fully saturated rings. The maximum Gasteiger partial charge on any atom is 0.408 e. The van der Waals surface area contributed by atoms with Crippen LogP contribution in [-0.4, -0.2) is 54.0 Å². The lowest BCUT2D eigenvalue weighted by atomic mass is 10.0. The average Bonchev–Trinajstić information content (AvgIpc) is 2.85. The fourth-order valence-corrected chi connectivity index (χ4v) is 3.56. The van der Waals surface area contributed by atoms with Gasteiger partial charge < -0.3 is 30.7 Å². The molecule has 0 heterocycles. The van der Waals surface area contributed by atoms with E-state index < -0.39 is 48.0 Å². The summed E-state index contributed by atoms with van der Waals surface area (Å²) in [5, 5.41) is 14.8. The standard InChI is InChI=1S/C27H33N5O6/c1-27(2,3)38-26(36)31-21(14-15-22(29)33)25(35)32(17-16-28)23(18-8-6-5-7-9-18)24(34)30-19-10-12-20(37-4)13-11-19/h5-13,21,23H,14-15,17H2,1-4H3,(H2,29,33)(H,30,34)(H,31,36). The Balaban J connectivity index is 2.44. The van der Waals surface area contributed by atoms with Crippen molar-refractivity contribution in [1.29, 1.82) is 5.26 Å². The predicted octanol–water partition coefficient (Wildman–Crippen LogP) is 2.89. The first-order valence-corrected chi connectivity index (χ1v) is 11.9. The molecule has 202 valence electrons. The van der Waals surface area contributed by atoms with E-state index in [1.54, 1.807) is 75.4 Å². The minimum Gasteiger partial charge on any atom is -0.497 e. The molecule has 2 rings (SSSR count). The molecule has 0 aliphatic rings. The number of primary amides is 1. The van der Waals surface area contributed by atoms with Gasteiger partial charge in [-0.15, -0.1) is 0 Å². The SMILES string of the molecule is COc1ccc(NC(=O)C(c2ccccc2)N(CC#N)C(=O)C(CCC(N)=O)NC(=O)OC(C)(C)C)cc1. The largest absolute Gasteiger partial charge is 0.497 e. The van der Waals surface area contributed by atoms with Gasteiger partial charge in [0.1, 0.15) is 30.0 Å². The van der Waals surface area contributed by atoms with Crippen LogP contribution in [0.2, 0.25) is 0 Å². The van der Waals surface area contributed by atoms with E-state index in [1.807, 2.05) is 6.07 Å². The highest BCUT2D eigenvalue weighted by Crippen LogP contribution is 2.25. The minimum atomic E-state index is -1.29. The van der Waals surface area contributed by atoms with Crippen molar-refractivity contribution in [3.63, 3.8) is 0 Å². The molecule has 11 heteroatoms. The molecule has 0 saturated heterocycles. The Kier molecular flexibility index (Phi) is 10.6. The number of nitrogens with two attached hydrogens (primary N) is 1. The van der Waals surface area contributed by atoms with Crippen molar-refractivity contribution < 1.29 is 28.7 Å². The number of alkyl carbamates (subject to hydrolysis) is 1. The lowest BCUT2D eigenvalue weighted by molar-refractivity contribution is -0.140. The molecule has 38 heavy (non-hydrogen) atoms. The van der Waals surface area contributed by atoms with Gasteiger partial charge in [0.15, 0.2) is 0 Å². The van der Waals surface area contributed by atoms with Crippen molar-refractivity contribution >= 4 is 29.5 Å². The second-order valence-corrected chi connectivity index (χ2v) is 9.36. The summed E-state index contributed by atoms with van der Waals surface area (Å²) in [6.45, 7) is 4.49. The Labute approximate surface area is 221 Å². The first kappa shape index (κ1) is 29.6. The summed E-state index contributed by atoms with van der Waals surface area (Å²) in [6, 6.07) is 14.4. The van der Waals surface area contributed by atoms with Gasteiger partial charge in [-0.25, -0.2) is 4.79 Å². The molecule has 11 nitrogen and oxygen atoms in total. The number of rotatable bonds is 11. The van der Waals surface area contributed by atoms with E-state index in [9.17, 15) is 24.4 Å². The predicted molar refractivity (Wildman–Crippen MR) is 140 cm³/mol. The molecule has 2 unspecified atom stereocenters. The maximum absolute atomic E-state index is 13.8. The summed E-state index contributed by atoms with van der Waals surface area (Å²) < 4.78 is 10.4. The van der Waals surface area contributed by atoms with Crippen LogP contribution in [0.3, 0.4) is 0 Å². The van der Waals surface area contributed by atoms with Crippen molar-refractivity contribution in [1.82, 2.24) is 10.2 Å². The molecule has 0 aromatic heterocycles. The third-order valence-electron chi connectivity index (χ3n) is 5.23. The molecule has 2 atom stereocenters. The summed E-state index contributed by atoms with van der Waals surface area (Å²) in [5.41, 5.74) is 5.31. The number of hydrogen-bond donors (Lipinski definition) is 3.